The molecule has 2 rings (SSSR count). The molecule has 0 unspecified atom stereocenters. The Balaban J connectivity index is 0.000000970. The number of hydrogen-bond acceptors (Lipinski definition) is 0. The van der Waals surface area contributed by atoms with E-state index in [1.54, 1.807) is 0 Å². The Bertz CT molecular complexity index is 631. The van der Waals surface area contributed by atoms with Crippen LogP contribution in [0.4, 0.5) is 0 Å². The SMILES string of the molecule is CC1=C(C)C(C)(c2cc(C(C)C)[c]c(C(C)C)c2)C(C)=C1C.[Cl][Ti][Cl]. The maximum atomic E-state index is 4.89. The van der Waals surface area contributed by atoms with Crippen molar-refractivity contribution in [3.8, 4) is 0 Å². The van der Waals surface area contributed by atoms with Gasteiger partial charge in [0.2, 0.25) is 0 Å². The zero-order valence-electron chi connectivity index (χ0n) is 17.1. The number of benzene rings is 1. The Morgan fingerprint density at radius 3 is 1.44 bits per heavy atom. The molecule has 0 aliphatic heterocycles. The van der Waals surface area contributed by atoms with Gasteiger partial charge >= 0.3 is 35.6 Å². The van der Waals surface area contributed by atoms with E-state index in [0.717, 1.165) is 0 Å². The molecule has 0 fully saturated rings. The second kappa shape index (κ2) is 9.27. The topological polar surface area (TPSA) is 0 Å². The zero-order valence-corrected chi connectivity index (χ0v) is 20.1. The van der Waals surface area contributed by atoms with Crippen molar-refractivity contribution >= 4 is 18.6 Å². The summed E-state index contributed by atoms with van der Waals surface area (Å²) in [5, 5.41) is 0. The van der Waals surface area contributed by atoms with Crippen molar-refractivity contribution in [1.29, 1.82) is 0 Å². The van der Waals surface area contributed by atoms with Crippen LogP contribution >= 0.6 is 18.6 Å². The van der Waals surface area contributed by atoms with Gasteiger partial charge in [-0.2, -0.15) is 0 Å². The fourth-order valence-electron chi connectivity index (χ4n) is 3.55. The monoisotopic (exact) mass is 413 g/mol. The van der Waals surface area contributed by atoms with E-state index in [9.17, 15) is 0 Å². The van der Waals surface area contributed by atoms with Gasteiger partial charge in [0.25, 0.3) is 0 Å². The molecule has 0 spiro atoms. The normalized spacial score (nSPS) is 16.5. The first-order chi connectivity index (χ1) is 11.5. The third-order valence-corrected chi connectivity index (χ3v) is 5.92. The summed E-state index contributed by atoms with van der Waals surface area (Å²) in [7, 11) is 9.78. The summed E-state index contributed by atoms with van der Waals surface area (Å²) in [6.07, 6.45) is 0. The van der Waals surface area contributed by atoms with Crippen LogP contribution in [-0.4, -0.2) is 0 Å². The quantitative estimate of drug-likeness (QED) is 0.439. The summed E-state index contributed by atoms with van der Waals surface area (Å²) < 4.78 is 0. The number of halogens is 2. The van der Waals surface area contributed by atoms with Gasteiger partial charge in [-0.15, -0.1) is 0 Å². The van der Waals surface area contributed by atoms with Gasteiger partial charge in [0, 0.05) is 5.41 Å². The first kappa shape index (κ1) is 23.0. The van der Waals surface area contributed by atoms with E-state index in [1.165, 1.54) is 39.0 Å². The van der Waals surface area contributed by atoms with E-state index in [2.05, 4.69) is 80.5 Å². The Labute approximate surface area is 171 Å². The van der Waals surface area contributed by atoms with Gasteiger partial charge in [0.1, 0.15) is 0 Å². The summed E-state index contributed by atoms with van der Waals surface area (Å²) in [4.78, 5) is 0. The molecule has 1 aromatic rings. The van der Waals surface area contributed by atoms with Crippen molar-refractivity contribution in [2.45, 2.75) is 79.6 Å². The molecule has 0 heterocycles. The van der Waals surface area contributed by atoms with Crippen LogP contribution in [0, 0.1) is 6.07 Å². The van der Waals surface area contributed by atoms with Crippen molar-refractivity contribution in [3.05, 3.63) is 57.2 Å². The average molecular weight is 414 g/mol. The van der Waals surface area contributed by atoms with Crippen molar-refractivity contribution < 1.29 is 17.0 Å². The van der Waals surface area contributed by atoms with Gasteiger partial charge in [0.05, 0.1) is 0 Å². The molecule has 0 N–H and O–H groups in total. The second-order valence-corrected chi connectivity index (χ2v) is 10.4. The van der Waals surface area contributed by atoms with Crippen LogP contribution in [0.5, 0.6) is 0 Å². The van der Waals surface area contributed by atoms with Crippen LogP contribution in [0.3, 0.4) is 0 Å². The molecule has 137 valence electrons. The molecule has 0 saturated carbocycles. The predicted molar refractivity (Wildman–Crippen MR) is 109 cm³/mol. The molecule has 1 radical (unpaired) electrons. The number of hydrogen-bond donors (Lipinski definition) is 0. The standard InChI is InChI=1S/C22H31.2ClH.Ti/c1-13(2)19-10-20(14(3)4)12-21(11-19)22(9)17(7)15(5)16(6)18(22)8;;;/h11-14H,1-9H3;2*1H;/q;;;+2/p-2. The summed E-state index contributed by atoms with van der Waals surface area (Å²) in [6.45, 7) is 20.6. The van der Waals surface area contributed by atoms with Crippen molar-refractivity contribution in [3.63, 3.8) is 0 Å². The van der Waals surface area contributed by atoms with Crippen molar-refractivity contribution in [1.82, 2.24) is 0 Å². The molecule has 1 aliphatic carbocycles. The van der Waals surface area contributed by atoms with Gasteiger partial charge in [-0.3, -0.25) is 0 Å². The average Bonchev–Trinajstić information content (AvgIpc) is 2.71. The summed E-state index contributed by atoms with van der Waals surface area (Å²) >= 11 is -0.556. The molecule has 0 nitrogen and oxygen atoms in total. The molecular weight excluding hydrogens is 383 g/mol. The minimum atomic E-state index is -0.556. The molecule has 3 heteroatoms. The summed E-state index contributed by atoms with van der Waals surface area (Å²) in [6, 6.07) is 8.41. The van der Waals surface area contributed by atoms with Crippen LogP contribution in [0.15, 0.2) is 34.4 Å². The first-order valence-corrected chi connectivity index (χ1v) is 13.2. The van der Waals surface area contributed by atoms with E-state index < -0.39 is 17.0 Å². The Morgan fingerprint density at radius 1 is 0.840 bits per heavy atom. The molecule has 1 aliphatic rings. The predicted octanol–water partition coefficient (Wildman–Crippen LogP) is 8.05. The van der Waals surface area contributed by atoms with E-state index in [4.69, 9.17) is 18.6 Å². The summed E-state index contributed by atoms with van der Waals surface area (Å²) in [5.74, 6) is 1.02. The first-order valence-electron chi connectivity index (χ1n) is 8.92. The molecule has 0 atom stereocenters. The zero-order chi connectivity index (χ0) is 19.5. The van der Waals surface area contributed by atoms with Crippen LogP contribution in [-0.2, 0) is 22.4 Å². The van der Waals surface area contributed by atoms with E-state index >= 15 is 0 Å². The van der Waals surface area contributed by atoms with E-state index in [0.29, 0.717) is 11.8 Å². The molecule has 0 saturated heterocycles. The van der Waals surface area contributed by atoms with Crippen LogP contribution < -0.4 is 0 Å². The van der Waals surface area contributed by atoms with Crippen LogP contribution in [0.2, 0.25) is 0 Å². The number of allylic oxidation sites excluding steroid dienone is 4. The van der Waals surface area contributed by atoms with Crippen molar-refractivity contribution in [2.24, 2.45) is 0 Å². The van der Waals surface area contributed by atoms with Gasteiger partial charge < -0.3 is 0 Å². The molecule has 0 amide bonds. The molecule has 0 aromatic heterocycles. The number of rotatable bonds is 3. The molecule has 0 bridgehead atoms. The fraction of sp³-hybridized carbons (Fsp3) is 0.545. The molecular formula is C22H31Cl2Ti. The minimum absolute atomic E-state index is 0.0382. The Kier molecular flexibility index (Phi) is 8.54. The Morgan fingerprint density at radius 2 is 1.16 bits per heavy atom. The molecule has 25 heavy (non-hydrogen) atoms. The molecule has 1 aromatic carbocycles. The van der Waals surface area contributed by atoms with Gasteiger partial charge in [-0.25, -0.2) is 0 Å². The summed E-state index contributed by atoms with van der Waals surface area (Å²) in [5.41, 5.74) is 10.1. The van der Waals surface area contributed by atoms with E-state index in [-0.39, 0.29) is 5.41 Å². The van der Waals surface area contributed by atoms with Crippen LogP contribution in [0.1, 0.15) is 90.8 Å². The van der Waals surface area contributed by atoms with Crippen molar-refractivity contribution in [2.75, 3.05) is 0 Å². The maximum absolute atomic E-state index is 4.89. The van der Waals surface area contributed by atoms with Gasteiger partial charge in [0.15, 0.2) is 0 Å². The Hall–Kier alpha value is -0.00571. The third kappa shape index (κ3) is 4.64. The van der Waals surface area contributed by atoms with Gasteiger partial charge in [-0.05, 0) is 80.4 Å². The van der Waals surface area contributed by atoms with Crippen LogP contribution in [0.25, 0.3) is 0 Å². The van der Waals surface area contributed by atoms with E-state index in [1.807, 2.05) is 0 Å². The van der Waals surface area contributed by atoms with Gasteiger partial charge in [-0.1, -0.05) is 51.0 Å². The fourth-order valence-corrected chi connectivity index (χ4v) is 3.55. The second-order valence-electron chi connectivity index (χ2n) is 7.79. The third-order valence-electron chi connectivity index (χ3n) is 5.92.